The Morgan fingerprint density at radius 1 is 1.03 bits per heavy atom. The maximum absolute atomic E-state index is 13.8. The van der Waals surface area contributed by atoms with Crippen LogP contribution in [-0.2, 0) is 19.2 Å². The standard InChI is InChI=1S/C27H38FNO6SSi/c1-26(2,3)37(4,5)34-20-8-19-29(27(25(30)31)17-6-7-18-27)36(32,33)24-15-13-23(14-16-24)35-22-11-9-21(28)10-12-22/h9-16H,6-8,17-20H2,1-5H3,(H,30,31). The summed E-state index contributed by atoms with van der Waals surface area (Å²) in [7, 11) is -6.14. The van der Waals surface area contributed by atoms with Crippen LogP contribution in [0, 0.1) is 5.82 Å². The van der Waals surface area contributed by atoms with Gasteiger partial charge in [0.15, 0.2) is 8.32 Å². The quantitative estimate of drug-likeness (QED) is 0.256. The SMILES string of the molecule is CC(C)(C)[Si](C)(C)OCCCN(C1(C(=O)O)CCCC1)S(=O)(=O)c1ccc(Oc2ccc(F)cc2)cc1. The van der Waals surface area contributed by atoms with E-state index in [0.29, 0.717) is 37.4 Å². The number of carboxylic acid groups (broad SMARTS) is 1. The second-order valence-electron chi connectivity index (χ2n) is 11.1. The van der Waals surface area contributed by atoms with Crippen molar-refractivity contribution in [1.29, 1.82) is 0 Å². The number of hydrogen-bond donors (Lipinski definition) is 1. The summed E-state index contributed by atoms with van der Waals surface area (Å²) >= 11 is 0. The van der Waals surface area contributed by atoms with Gasteiger partial charge in [-0.1, -0.05) is 33.6 Å². The molecule has 0 aliphatic heterocycles. The Morgan fingerprint density at radius 3 is 2.03 bits per heavy atom. The highest BCUT2D eigenvalue weighted by atomic mass is 32.2. The monoisotopic (exact) mass is 551 g/mol. The van der Waals surface area contributed by atoms with Gasteiger partial charge < -0.3 is 14.3 Å². The summed E-state index contributed by atoms with van der Waals surface area (Å²) in [5.41, 5.74) is -1.47. The van der Waals surface area contributed by atoms with E-state index in [1.54, 1.807) is 0 Å². The Kier molecular flexibility index (Phi) is 8.88. The van der Waals surface area contributed by atoms with E-state index in [1.807, 2.05) is 0 Å². The summed E-state index contributed by atoms with van der Waals surface area (Å²) in [5, 5.41) is 10.2. The summed E-state index contributed by atoms with van der Waals surface area (Å²) in [5.74, 6) is -0.706. The third-order valence-corrected chi connectivity index (χ3v) is 14.1. The first-order chi connectivity index (χ1) is 17.2. The maximum atomic E-state index is 13.8. The Balaban J connectivity index is 1.83. The smallest absolute Gasteiger partial charge is 0.325 e. The lowest BCUT2D eigenvalue weighted by Gasteiger charge is -2.38. The van der Waals surface area contributed by atoms with Crippen LogP contribution >= 0.6 is 0 Å². The van der Waals surface area contributed by atoms with Crippen molar-refractivity contribution >= 4 is 24.3 Å². The molecule has 2 aromatic carbocycles. The van der Waals surface area contributed by atoms with E-state index in [9.17, 15) is 22.7 Å². The Bertz CT molecular complexity index is 1170. The van der Waals surface area contributed by atoms with Gasteiger partial charge in [-0.3, -0.25) is 4.79 Å². The molecule has 3 rings (SSSR count). The Hall–Kier alpha value is -2.27. The number of halogens is 1. The molecule has 0 radical (unpaired) electrons. The molecule has 0 atom stereocenters. The first kappa shape index (κ1) is 29.3. The molecule has 1 aliphatic carbocycles. The van der Waals surface area contributed by atoms with Gasteiger partial charge in [0.05, 0.1) is 4.90 Å². The zero-order valence-corrected chi connectivity index (χ0v) is 24.1. The van der Waals surface area contributed by atoms with Crippen LogP contribution in [0.3, 0.4) is 0 Å². The average molecular weight is 552 g/mol. The fourth-order valence-electron chi connectivity index (χ4n) is 4.29. The normalized spacial score (nSPS) is 16.2. The van der Waals surface area contributed by atoms with Crippen LogP contribution in [0.15, 0.2) is 53.4 Å². The van der Waals surface area contributed by atoms with Gasteiger partial charge in [-0.05, 0) is 85.9 Å². The van der Waals surface area contributed by atoms with Crippen molar-refractivity contribution in [2.24, 2.45) is 0 Å². The third-order valence-electron chi connectivity index (χ3n) is 7.54. The second kappa shape index (κ2) is 11.2. The highest BCUT2D eigenvalue weighted by Crippen LogP contribution is 2.40. The number of carboxylic acids is 1. The fourth-order valence-corrected chi connectivity index (χ4v) is 7.20. The number of rotatable bonds is 11. The molecular weight excluding hydrogens is 513 g/mol. The van der Waals surface area contributed by atoms with Crippen molar-refractivity contribution in [1.82, 2.24) is 4.31 Å². The summed E-state index contributed by atoms with van der Waals surface area (Å²) in [6.45, 7) is 11.1. The molecule has 0 aromatic heterocycles. The van der Waals surface area contributed by atoms with Crippen LogP contribution in [0.5, 0.6) is 11.5 Å². The fraction of sp³-hybridized carbons (Fsp3) is 0.519. The van der Waals surface area contributed by atoms with Crippen LogP contribution in [-0.4, -0.2) is 50.8 Å². The molecule has 0 amide bonds. The molecule has 204 valence electrons. The van der Waals surface area contributed by atoms with Crippen LogP contribution in [0.4, 0.5) is 4.39 Å². The number of carbonyl (C=O) groups is 1. The molecule has 0 bridgehead atoms. The molecular formula is C27H38FNO6SSi. The number of nitrogens with zero attached hydrogens (tertiary/aromatic N) is 1. The van der Waals surface area contributed by atoms with Gasteiger partial charge in [-0.15, -0.1) is 0 Å². The molecule has 1 N–H and O–H groups in total. The molecule has 0 heterocycles. The second-order valence-corrected chi connectivity index (χ2v) is 17.8. The van der Waals surface area contributed by atoms with Crippen molar-refractivity contribution in [2.75, 3.05) is 13.2 Å². The summed E-state index contributed by atoms with van der Waals surface area (Å²) in [6, 6.07) is 11.3. The maximum Gasteiger partial charge on any atom is 0.325 e. The third kappa shape index (κ3) is 6.60. The Labute approximate surface area is 220 Å². The number of hydrogen-bond acceptors (Lipinski definition) is 5. The lowest BCUT2D eigenvalue weighted by Crippen LogP contribution is -2.55. The van der Waals surface area contributed by atoms with Crippen LogP contribution in [0.1, 0.15) is 52.9 Å². The van der Waals surface area contributed by atoms with Crippen LogP contribution < -0.4 is 4.74 Å². The van der Waals surface area contributed by atoms with Gasteiger partial charge >= 0.3 is 5.97 Å². The van der Waals surface area contributed by atoms with Gasteiger partial charge in [0, 0.05) is 13.2 Å². The molecule has 1 fully saturated rings. The van der Waals surface area contributed by atoms with Gasteiger partial charge in [0.2, 0.25) is 10.0 Å². The molecule has 0 spiro atoms. The van der Waals surface area contributed by atoms with Crippen molar-refractivity contribution < 1.29 is 31.9 Å². The molecule has 1 aliphatic rings. The lowest BCUT2D eigenvalue weighted by molar-refractivity contribution is -0.148. The minimum Gasteiger partial charge on any atom is -0.480 e. The molecule has 37 heavy (non-hydrogen) atoms. The van der Waals surface area contributed by atoms with Crippen molar-refractivity contribution in [3.8, 4) is 11.5 Å². The van der Waals surface area contributed by atoms with Gasteiger partial charge in [-0.25, -0.2) is 12.8 Å². The molecule has 0 unspecified atom stereocenters. The zero-order chi connectivity index (χ0) is 27.5. The summed E-state index contributed by atoms with van der Waals surface area (Å²) in [6.07, 6.45) is 2.26. The highest BCUT2D eigenvalue weighted by Gasteiger charge is 2.51. The van der Waals surface area contributed by atoms with E-state index in [2.05, 4.69) is 33.9 Å². The predicted molar refractivity (Wildman–Crippen MR) is 143 cm³/mol. The number of ether oxygens (including phenoxy) is 1. The first-order valence-electron chi connectivity index (χ1n) is 12.6. The molecule has 1 saturated carbocycles. The average Bonchev–Trinajstić information content (AvgIpc) is 3.31. The molecule has 2 aromatic rings. The van der Waals surface area contributed by atoms with E-state index in [0.717, 1.165) is 0 Å². The number of benzene rings is 2. The van der Waals surface area contributed by atoms with E-state index >= 15 is 0 Å². The number of aliphatic carboxylic acids is 1. The molecule has 7 nitrogen and oxygen atoms in total. The zero-order valence-electron chi connectivity index (χ0n) is 22.3. The lowest BCUT2D eigenvalue weighted by atomic mass is 9.97. The van der Waals surface area contributed by atoms with Crippen molar-refractivity contribution in [3.05, 3.63) is 54.3 Å². The van der Waals surface area contributed by atoms with Gasteiger partial charge in [-0.2, -0.15) is 4.31 Å². The summed E-state index contributed by atoms with van der Waals surface area (Å²) < 4.78 is 53.9. The minimum atomic E-state index is -4.12. The van der Waals surface area contributed by atoms with E-state index in [4.69, 9.17) is 9.16 Å². The molecule has 0 saturated heterocycles. The first-order valence-corrected chi connectivity index (χ1v) is 17.0. The van der Waals surface area contributed by atoms with E-state index in [1.165, 1.54) is 52.8 Å². The highest BCUT2D eigenvalue weighted by molar-refractivity contribution is 7.89. The van der Waals surface area contributed by atoms with Crippen LogP contribution in [0.2, 0.25) is 18.1 Å². The minimum absolute atomic E-state index is 0.00297. The topological polar surface area (TPSA) is 93.1 Å². The van der Waals surface area contributed by atoms with Gasteiger partial charge in [0.1, 0.15) is 22.9 Å². The van der Waals surface area contributed by atoms with Crippen molar-refractivity contribution in [2.45, 2.75) is 81.4 Å². The predicted octanol–water partition coefficient (Wildman–Crippen LogP) is 6.42. The van der Waals surface area contributed by atoms with Gasteiger partial charge in [0.25, 0.3) is 0 Å². The summed E-state index contributed by atoms with van der Waals surface area (Å²) in [4.78, 5) is 12.5. The van der Waals surface area contributed by atoms with E-state index < -0.39 is 29.8 Å². The molecule has 10 heteroatoms. The van der Waals surface area contributed by atoms with Crippen molar-refractivity contribution in [3.63, 3.8) is 0 Å². The van der Waals surface area contributed by atoms with Crippen LogP contribution in [0.25, 0.3) is 0 Å². The number of sulfonamides is 1. The van der Waals surface area contributed by atoms with E-state index in [-0.39, 0.29) is 35.1 Å². The Morgan fingerprint density at radius 2 is 1.54 bits per heavy atom. The largest absolute Gasteiger partial charge is 0.480 e.